The average molecular weight is 215 g/mol. The Kier molecular flexibility index (Phi) is 2.69. The van der Waals surface area contributed by atoms with Crippen molar-refractivity contribution in [2.45, 2.75) is 26.7 Å². The molecule has 0 bridgehead atoms. The lowest BCUT2D eigenvalue weighted by Crippen LogP contribution is -2.00. The van der Waals surface area contributed by atoms with Gasteiger partial charge in [0.25, 0.3) is 0 Å². The highest BCUT2D eigenvalue weighted by Gasteiger charge is 2.05. The highest BCUT2D eigenvalue weighted by atomic mass is 15.3. The third kappa shape index (κ3) is 1.81. The molecule has 0 saturated carbocycles. The Morgan fingerprint density at radius 1 is 1.19 bits per heavy atom. The molecule has 0 atom stereocenters. The summed E-state index contributed by atoms with van der Waals surface area (Å²) in [6.07, 6.45) is 1.69. The maximum atomic E-state index is 5.77. The molecule has 0 fully saturated rings. The highest BCUT2D eigenvalue weighted by Crippen LogP contribution is 2.19. The predicted octanol–water partition coefficient (Wildman–Crippen LogP) is 2.89. The Labute approximate surface area is 95.9 Å². The van der Waals surface area contributed by atoms with Crippen LogP contribution in [0.15, 0.2) is 30.5 Å². The van der Waals surface area contributed by atoms with E-state index in [1.807, 2.05) is 11.6 Å². The standard InChI is InChI=1S/C13H17N3/c1-9(2)11-4-6-12(7-5-11)16-10(3)13(14)8-15-16/h4-9H,14H2,1-3H3. The molecule has 0 aliphatic rings. The normalized spacial score (nSPS) is 11.0. The SMILES string of the molecule is Cc1c(N)cnn1-c1ccc(C(C)C)cc1. The van der Waals surface area contributed by atoms with Gasteiger partial charge in [-0.2, -0.15) is 5.10 Å². The minimum absolute atomic E-state index is 0.554. The Bertz CT molecular complexity index is 480. The van der Waals surface area contributed by atoms with Crippen LogP contribution in [0.3, 0.4) is 0 Å². The number of nitrogens with two attached hydrogens (primary N) is 1. The van der Waals surface area contributed by atoms with E-state index in [9.17, 15) is 0 Å². The van der Waals surface area contributed by atoms with Gasteiger partial charge in [-0.3, -0.25) is 0 Å². The second kappa shape index (κ2) is 4.00. The molecule has 2 N–H and O–H groups in total. The summed E-state index contributed by atoms with van der Waals surface area (Å²) in [4.78, 5) is 0. The smallest absolute Gasteiger partial charge is 0.0734 e. The van der Waals surface area contributed by atoms with Gasteiger partial charge in [0.15, 0.2) is 0 Å². The lowest BCUT2D eigenvalue weighted by Gasteiger charge is -2.08. The second-order valence-corrected chi connectivity index (χ2v) is 4.34. The number of rotatable bonds is 2. The molecular weight excluding hydrogens is 198 g/mol. The molecular formula is C13H17N3. The Morgan fingerprint density at radius 2 is 1.81 bits per heavy atom. The number of nitrogens with zero attached hydrogens (tertiary/aromatic N) is 2. The molecule has 0 spiro atoms. The third-order valence-corrected chi connectivity index (χ3v) is 2.85. The molecule has 1 heterocycles. The minimum atomic E-state index is 0.554. The number of hydrogen-bond donors (Lipinski definition) is 1. The minimum Gasteiger partial charge on any atom is -0.396 e. The van der Waals surface area contributed by atoms with Gasteiger partial charge in [0.1, 0.15) is 0 Å². The fraction of sp³-hybridized carbons (Fsp3) is 0.308. The van der Waals surface area contributed by atoms with Crippen LogP contribution >= 0.6 is 0 Å². The number of nitrogen functional groups attached to an aromatic ring is 1. The van der Waals surface area contributed by atoms with Crippen molar-refractivity contribution in [3.8, 4) is 5.69 Å². The van der Waals surface area contributed by atoms with Gasteiger partial charge in [0, 0.05) is 0 Å². The van der Waals surface area contributed by atoms with E-state index >= 15 is 0 Å². The van der Waals surface area contributed by atoms with Gasteiger partial charge in [0.2, 0.25) is 0 Å². The number of benzene rings is 1. The Hall–Kier alpha value is -1.77. The van der Waals surface area contributed by atoms with Gasteiger partial charge in [0.05, 0.1) is 23.3 Å². The van der Waals surface area contributed by atoms with Crippen LogP contribution in [0, 0.1) is 6.92 Å². The fourth-order valence-electron chi connectivity index (χ4n) is 1.68. The maximum Gasteiger partial charge on any atom is 0.0734 e. The van der Waals surface area contributed by atoms with Crippen molar-refractivity contribution >= 4 is 5.69 Å². The van der Waals surface area contributed by atoms with Crippen molar-refractivity contribution in [3.05, 3.63) is 41.7 Å². The first kappa shape index (κ1) is 10.7. The van der Waals surface area contributed by atoms with Gasteiger partial charge in [-0.1, -0.05) is 26.0 Å². The molecule has 0 aliphatic carbocycles. The first-order valence-electron chi connectivity index (χ1n) is 5.50. The van der Waals surface area contributed by atoms with Crippen LogP contribution in [0.4, 0.5) is 5.69 Å². The summed E-state index contributed by atoms with van der Waals surface area (Å²) in [5, 5.41) is 4.25. The zero-order valence-corrected chi connectivity index (χ0v) is 9.94. The lowest BCUT2D eigenvalue weighted by atomic mass is 10.0. The zero-order chi connectivity index (χ0) is 11.7. The van der Waals surface area contributed by atoms with Crippen LogP contribution in [0.25, 0.3) is 5.69 Å². The van der Waals surface area contributed by atoms with Gasteiger partial charge in [-0.15, -0.1) is 0 Å². The van der Waals surface area contributed by atoms with E-state index in [0.717, 1.165) is 17.1 Å². The molecule has 0 amide bonds. The summed E-state index contributed by atoms with van der Waals surface area (Å²) in [6, 6.07) is 8.43. The molecule has 2 aromatic rings. The molecule has 84 valence electrons. The van der Waals surface area contributed by atoms with E-state index in [2.05, 4.69) is 43.2 Å². The van der Waals surface area contributed by atoms with E-state index in [1.54, 1.807) is 6.20 Å². The lowest BCUT2D eigenvalue weighted by molar-refractivity contribution is 0.837. The first-order chi connectivity index (χ1) is 7.59. The highest BCUT2D eigenvalue weighted by molar-refractivity contribution is 5.45. The summed E-state index contributed by atoms with van der Waals surface area (Å²) >= 11 is 0. The summed E-state index contributed by atoms with van der Waals surface area (Å²) in [5.41, 5.74) is 9.87. The van der Waals surface area contributed by atoms with Crippen LogP contribution in [-0.2, 0) is 0 Å². The van der Waals surface area contributed by atoms with Crippen LogP contribution in [-0.4, -0.2) is 9.78 Å². The molecule has 16 heavy (non-hydrogen) atoms. The Balaban J connectivity index is 2.38. The molecule has 0 saturated heterocycles. The molecule has 3 heteroatoms. The molecule has 1 aromatic carbocycles. The molecule has 0 radical (unpaired) electrons. The van der Waals surface area contributed by atoms with Crippen molar-refractivity contribution in [2.24, 2.45) is 0 Å². The van der Waals surface area contributed by atoms with Crippen molar-refractivity contribution in [3.63, 3.8) is 0 Å². The molecule has 1 aromatic heterocycles. The fourth-order valence-corrected chi connectivity index (χ4v) is 1.68. The average Bonchev–Trinajstić information content (AvgIpc) is 2.60. The van der Waals surface area contributed by atoms with Gasteiger partial charge in [-0.05, 0) is 30.5 Å². The first-order valence-corrected chi connectivity index (χ1v) is 5.50. The topological polar surface area (TPSA) is 43.8 Å². The monoisotopic (exact) mass is 215 g/mol. The van der Waals surface area contributed by atoms with Crippen molar-refractivity contribution in [1.82, 2.24) is 9.78 Å². The second-order valence-electron chi connectivity index (χ2n) is 4.34. The summed E-state index contributed by atoms with van der Waals surface area (Å²) in [5.74, 6) is 0.554. The summed E-state index contributed by atoms with van der Waals surface area (Å²) in [7, 11) is 0. The number of aromatic nitrogens is 2. The van der Waals surface area contributed by atoms with Crippen LogP contribution < -0.4 is 5.73 Å². The zero-order valence-electron chi connectivity index (χ0n) is 9.94. The maximum absolute atomic E-state index is 5.77. The van der Waals surface area contributed by atoms with Crippen LogP contribution in [0.2, 0.25) is 0 Å². The summed E-state index contributed by atoms with van der Waals surface area (Å²) in [6.45, 7) is 6.34. The molecule has 3 nitrogen and oxygen atoms in total. The summed E-state index contributed by atoms with van der Waals surface area (Å²) < 4.78 is 1.86. The van der Waals surface area contributed by atoms with Gasteiger partial charge >= 0.3 is 0 Å². The Morgan fingerprint density at radius 3 is 2.25 bits per heavy atom. The van der Waals surface area contributed by atoms with E-state index < -0.39 is 0 Å². The molecule has 0 aliphatic heterocycles. The third-order valence-electron chi connectivity index (χ3n) is 2.85. The van der Waals surface area contributed by atoms with E-state index in [4.69, 9.17) is 5.73 Å². The van der Waals surface area contributed by atoms with E-state index in [-0.39, 0.29) is 0 Å². The van der Waals surface area contributed by atoms with Crippen molar-refractivity contribution < 1.29 is 0 Å². The van der Waals surface area contributed by atoms with Gasteiger partial charge in [-0.25, -0.2) is 4.68 Å². The van der Waals surface area contributed by atoms with E-state index in [0.29, 0.717) is 5.92 Å². The van der Waals surface area contributed by atoms with E-state index in [1.165, 1.54) is 5.56 Å². The molecule has 0 unspecified atom stereocenters. The van der Waals surface area contributed by atoms with Crippen LogP contribution in [0.5, 0.6) is 0 Å². The number of hydrogen-bond acceptors (Lipinski definition) is 2. The quantitative estimate of drug-likeness (QED) is 0.837. The van der Waals surface area contributed by atoms with Crippen molar-refractivity contribution in [1.29, 1.82) is 0 Å². The van der Waals surface area contributed by atoms with Crippen LogP contribution in [0.1, 0.15) is 31.0 Å². The predicted molar refractivity (Wildman–Crippen MR) is 66.8 cm³/mol. The van der Waals surface area contributed by atoms with Gasteiger partial charge < -0.3 is 5.73 Å². The number of anilines is 1. The largest absolute Gasteiger partial charge is 0.396 e. The molecule has 2 rings (SSSR count). The van der Waals surface area contributed by atoms with Crippen molar-refractivity contribution in [2.75, 3.05) is 5.73 Å².